The molecule has 2 aromatic rings. The molecular weight excluding hydrogens is 434 g/mol. The maximum Gasteiger partial charge on any atom is 0.308 e. The number of hydrogen-bond acceptors (Lipinski definition) is 7. The summed E-state index contributed by atoms with van der Waals surface area (Å²) in [5, 5.41) is 10.6. The lowest BCUT2D eigenvalue weighted by atomic mass is 10.1. The number of aliphatic hydroxyl groups is 1. The Morgan fingerprint density at radius 2 is 1.79 bits per heavy atom. The van der Waals surface area contributed by atoms with Crippen LogP contribution in [-0.2, 0) is 4.79 Å². The Labute approximate surface area is 202 Å². The van der Waals surface area contributed by atoms with E-state index in [0.717, 1.165) is 5.56 Å². The van der Waals surface area contributed by atoms with E-state index in [4.69, 9.17) is 18.9 Å². The molecule has 0 aromatic heterocycles. The predicted molar refractivity (Wildman–Crippen MR) is 134 cm³/mol. The lowest BCUT2D eigenvalue weighted by Crippen LogP contribution is -2.39. The molecule has 7 heteroatoms. The molecule has 1 N–H and O–H groups in total. The molecule has 0 amide bonds. The highest BCUT2D eigenvalue weighted by Crippen LogP contribution is 2.29. The van der Waals surface area contributed by atoms with Crippen LogP contribution >= 0.6 is 0 Å². The van der Waals surface area contributed by atoms with Crippen molar-refractivity contribution in [2.24, 2.45) is 0 Å². The van der Waals surface area contributed by atoms with Crippen molar-refractivity contribution in [3.63, 3.8) is 0 Å². The zero-order valence-corrected chi connectivity index (χ0v) is 20.4. The standard InChI is InChI=1S/C27H35NO6/c1-6-16-32-24-11-7-8-12-25(24)33-19-23(30)18-28(20(2)3)15-9-10-22-13-14-26(34-21(4)29)27(17-22)31-5/h6-14,17,20,23,30H,1,15-16,18-19H2,2-5H3. The van der Waals surface area contributed by atoms with E-state index >= 15 is 0 Å². The van der Waals surface area contributed by atoms with Crippen molar-refractivity contribution in [3.05, 3.63) is 66.8 Å². The number of para-hydroxylation sites is 2. The Kier molecular flexibility index (Phi) is 11.2. The summed E-state index contributed by atoms with van der Waals surface area (Å²) in [6.07, 6.45) is 4.98. The van der Waals surface area contributed by atoms with Crippen LogP contribution in [0.3, 0.4) is 0 Å². The molecule has 0 fully saturated rings. The normalized spacial score (nSPS) is 12.1. The smallest absolute Gasteiger partial charge is 0.308 e. The molecule has 0 heterocycles. The van der Waals surface area contributed by atoms with Crippen LogP contribution < -0.4 is 18.9 Å². The number of esters is 1. The molecule has 0 bridgehead atoms. The summed E-state index contributed by atoms with van der Waals surface area (Å²) in [6, 6.07) is 13.0. The van der Waals surface area contributed by atoms with Crippen LogP contribution in [-0.4, -0.2) is 61.5 Å². The monoisotopic (exact) mass is 469 g/mol. The molecule has 0 saturated carbocycles. The van der Waals surface area contributed by atoms with Gasteiger partial charge in [0.25, 0.3) is 0 Å². The Morgan fingerprint density at radius 1 is 1.09 bits per heavy atom. The Bertz CT molecular complexity index is 956. The largest absolute Gasteiger partial charge is 0.493 e. The van der Waals surface area contributed by atoms with E-state index in [2.05, 4.69) is 25.3 Å². The minimum Gasteiger partial charge on any atom is -0.493 e. The van der Waals surface area contributed by atoms with Crippen LogP contribution in [0, 0.1) is 0 Å². The number of carbonyl (C=O) groups excluding carboxylic acids is 1. The van der Waals surface area contributed by atoms with Gasteiger partial charge in [-0.25, -0.2) is 0 Å². The summed E-state index contributed by atoms with van der Waals surface area (Å²) < 4.78 is 21.9. The number of benzene rings is 2. The van der Waals surface area contributed by atoms with Crippen LogP contribution in [0.25, 0.3) is 6.08 Å². The fourth-order valence-corrected chi connectivity index (χ4v) is 3.19. The fourth-order valence-electron chi connectivity index (χ4n) is 3.19. The molecule has 0 aliphatic heterocycles. The third-order valence-electron chi connectivity index (χ3n) is 4.90. The third-order valence-corrected chi connectivity index (χ3v) is 4.90. The lowest BCUT2D eigenvalue weighted by molar-refractivity contribution is -0.132. The van der Waals surface area contributed by atoms with Gasteiger partial charge in [0.05, 0.1) is 7.11 Å². The predicted octanol–water partition coefficient (Wildman–Crippen LogP) is 4.35. The van der Waals surface area contributed by atoms with Gasteiger partial charge in [-0.05, 0) is 43.7 Å². The average Bonchev–Trinajstić information content (AvgIpc) is 2.81. The second-order valence-electron chi connectivity index (χ2n) is 7.97. The molecule has 0 aliphatic carbocycles. The first-order chi connectivity index (χ1) is 16.3. The molecule has 0 radical (unpaired) electrons. The topological polar surface area (TPSA) is 77.5 Å². The molecule has 184 valence electrons. The van der Waals surface area contributed by atoms with Crippen molar-refractivity contribution in [2.75, 3.05) is 33.4 Å². The van der Waals surface area contributed by atoms with Crippen molar-refractivity contribution in [2.45, 2.75) is 32.9 Å². The molecule has 7 nitrogen and oxygen atoms in total. The van der Waals surface area contributed by atoms with Crippen LogP contribution in [0.5, 0.6) is 23.0 Å². The number of hydrogen-bond donors (Lipinski definition) is 1. The van der Waals surface area contributed by atoms with E-state index in [9.17, 15) is 9.90 Å². The highest BCUT2D eigenvalue weighted by atomic mass is 16.6. The zero-order chi connectivity index (χ0) is 24.9. The summed E-state index contributed by atoms with van der Waals surface area (Å²) in [4.78, 5) is 13.4. The zero-order valence-electron chi connectivity index (χ0n) is 20.4. The van der Waals surface area contributed by atoms with Gasteiger partial charge < -0.3 is 24.1 Å². The Hall–Kier alpha value is -3.29. The molecule has 2 aromatic carbocycles. The molecule has 2 rings (SSSR count). The first-order valence-corrected chi connectivity index (χ1v) is 11.2. The van der Waals surface area contributed by atoms with Crippen molar-refractivity contribution in [1.29, 1.82) is 0 Å². The van der Waals surface area contributed by atoms with Gasteiger partial charge in [0.15, 0.2) is 23.0 Å². The molecule has 0 saturated heterocycles. The van der Waals surface area contributed by atoms with E-state index in [1.54, 1.807) is 12.1 Å². The van der Waals surface area contributed by atoms with E-state index in [-0.39, 0.29) is 12.6 Å². The van der Waals surface area contributed by atoms with Gasteiger partial charge in [0.1, 0.15) is 19.3 Å². The molecule has 34 heavy (non-hydrogen) atoms. The second-order valence-corrected chi connectivity index (χ2v) is 7.97. The van der Waals surface area contributed by atoms with Crippen molar-refractivity contribution >= 4 is 12.0 Å². The first kappa shape index (κ1) is 27.0. The summed E-state index contributed by atoms with van der Waals surface area (Å²) in [5.74, 6) is 1.68. The van der Waals surface area contributed by atoms with Gasteiger partial charge in [0.2, 0.25) is 0 Å². The fraction of sp³-hybridized carbons (Fsp3) is 0.370. The Morgan fingerprint density at radius 3 is 2.41 bits per heavy atom. The average molecular weight is 470 g/mol. The van der Waals surface area contributed by atoms with E-state index in [1.807, 2.05) is 48.6 Å². The molecule has 1 unspecified atom stereocenters. The molecule has 1 atom stereocenters. The molecular formula is C27H35NO6. The maximum absolute atomic E-state index is 11.2. The quantitative estimate of drug-likeness (QED) is 0.250. The SMILES string of the molecule is C=CCOc1ccccc1OCC(O)CN(CC=Cc1ccc(OC(C)=O)c(OC)c1)C(C)C. The van der Waals surface area contributed by atoms with Gasteiger partial charge in [-0.1, -0.05) is 43.0 Å². The van der Waals surface area contributed by atoms with Gasteiger partial charge in [-0.15, -0.1) is 0 Å². The summed E-state index contributed by atoms with van der Waals surface area (Å²) >= 11 is 0. The number of rotatable bonds is 14. The van der Waals surface area contributed by atoms with E-state index < -0.39 is 12.1 Å². The van der Waals surface area contributed by atoms with Crippen molar-refractivity contribution in [3.8, 4) is 23.0 Å². The van der Waals surface area contributed by atoms with Crippen molar-refractivity contribution in [1.82, 2.24) is 4.90 Å². The minimum atomic E-state index is -0.675. The number of nitrogens with zero attached hydrogens (tertiary/aromatic N) is 1. The van der Waals surface area contributed by atoms with Gasteiger partial charge in [-0.3, -0.25) is 9.69 Å². The van der Waals surface area contributed by atoms with Crippen LogP contribution in [0.2, 0.25) is 0 Å². The summed E-state index contributed by atoms with van der Waals surface area (Å²) in [5.41, 5.74) is 0.913. The van der Waals surface area contributed by atoms with Gasteiger partial charge in [0, 0.05) is 26.1 Å². The van der Waals surface area contributed by atoms with Crippen molar-refractivity contribution < 1.29 is 28.8 Å². The van der Waals surface area contributed by atoms with Gasteiger partial charge >= 0.3 is 5.97 Å². The second kappa shape index (κ2) is 14.1. The molecule has 0 aliphatic rings. The number of aliphatic hydroxyl groups excluding tert-OH is 1. The van der Waals surface area contributed by atoms with Gasteiger partial charge in [-0.2, -0.15) is 0 Å². The first-order valence-electron chi connectivity index (χ1n) is 11.2. The highest BCUT2D eigenvalue weighted by molar-refractivity contribution is 5.71. The number of methoxy groups -OCH3 is 1. The molecule has 0 spiro atoms. The van der Waals surface area contributed by atoms with E-state index in [0.29, 0.717) is 42.7 Å². The third kappa shape index (κ3) is 8.92. The maximum atomic E-state index is 11.2. The lowest BCUT2D eigenvalue weighted by Gasteiger charge is -2.27. The summed E-state index contributed by atoms with van der Waals surface area (Å²) in [6.45, 7) is 10.8. The minimum absolute atomic E-state index is 0.149. The number of carbonyl (C=O) groups is 1. The Balaban J connectivity index is 1.94. The number of ether oxygens (including phenoxy) is 4. The van der Waals surface area contributed by atoms with E-state index in [1.165, 1.54) is 14.0 Å². The highest BCUT2D eigenvalue weighted by Gasteiger charge is 2.15. The van der Waals surface area contributed by atoms with Crippen LogP contribution in [0.15, 0.2) is 61.2 Å². The van der Waals surface area contributed by atoms with Crippen LogP contribution in [0.1, 0.15) is 26.3 Å². The van der Waals surface area contributed by atoms with Crippen LogP contribution in [0.4, 0.5) is 0 Å². The summed E-state index contributed by atoms with van der Waals surface area (Å²) in [7, 11) is 1.53.